The number of aromatic nitrogens is 12. The van der Waals surface area contributed by atoms with Gasteiger partial charge in [0.15, 0.2) is 16.9 Å². The van der Waals surface area contributed by atoms with E-state index in [1.165, 1.54) is 61.5 Å². The van der Waals surface area contributed by atoms with E-state index in [0.717, 1.165) is 119 Å². The highest BCUT2D eigenvalue weighted by Gasteiger charge is 2.32. The van der Waals surface area contributed by atoms with Crippen molar-refractivity contribution in [1.82, 2.24) is 89.9 Å². The van der Waals surface area contributed by atoms with Crippen LogP contribution >= 0.6 is 0 Å². The number of nitrogens with one attached hydrogen (secondary N) is 3. The number of nitrogens with two attached hydrogens (primary N) is 3. The van der Waals surface area contributed by atoms with E-state index in [9.17, 15) is 32.8 Å². The highest BCUT2D eigenvalue weighted by atomic mass is 19.1. The molecule has 6 aromatic heterocycles. The maximum Gasteiger partial charge on any atom is 0.254 e. The summed E-state index contributed by atoms with van der Waals surface area (Å²) >= 11 is 0. The van der Waals surface area contributed by atoms with E-state index >= 15 is 0 Å². The van der Waals surface area contributed by atoms with E-state index in [1.807, 2.05) is 125 Å². The van der Waals surface area contributed by atoms with Crippen molar-refractivity contribution in [3.63, 3.8) is 0 Å². The third-order valence-electron chi connectivity index (χ3n) is 20.6. The van der Waals surface area contributed by atoms with Crippen LogP contribution in [0.3, 0.4) is 0 Å². The van der Waals surface area contributed by atoms with Gasteiger partial charge in [-0.1, -0.05) is 116 Å². The minimum atomic E-state index is -0.555. The molecule has 0 bridgehead atoms. The van der Waals surface area contributed by atoms with Gasteiger partial charge < -0.3 is 47.9 Å². The number of piperidine rings is 3. The molecule has 3 saturated heterocycles. The molecule has 5 amide bonds. The molecule has 9 N–H and O–H groups in total. The molecule has 9 heterocycles. The predicted molar refractivity (Wildman–Crippen MR) is 428 cm³/mol. The molecule has 27 nitrogen and oxygen atoms in total. The quantitative estimate of drug-likeness (QED) is 0.0410. The number of nitriles is 1. The van der Waals surface area contributed by atoms with Crippen molar-refractivity contribution < 1.29 is 32.8 Å². The second-order valence-corrected chi connectivity index (χ2v) is 28.2. The summed E-state index contributed by atoms with van der Waals surface area (Å²) in [5, 5.41) is 34.4. The fraction of sp³-hybridized carbons (Fsp3) is 0.274. The van der Waals surface area contributed by atoms with Crippen LogP contribution in [0.1, 0.15) is 128 Å². The molecule has 15 rings (SSSR count). The Balaban J connectivity index is 0.000000148. The molecule has 3 fully saturated rings. The van der Waals surface area contributed by atoms with E-state index in [0.29, 0.717) is 113 Å². The number of aryl methyl sites for hydroxylation is 3. The summed E-state index contributed by atoms with van der Waals surface area (Å²) in [5.74, 6) is -0.904. The Hall–Kier alpha value is -13.5. The number of hydrogen-bond acceptors (Lipinski definition) is 19. The fourth-order valence-electron chi connectivity index (χ4n) is 14.7. The molecule has 0 spiro atoms. The van der Waals surface area contributed by atoms with Crippen molar-refractivity contribution in [3.8, 4) is 39.8 Å². The molecule has 3 atom stereocenters. The lowest BCUT2D eigenvalue weighted by molar-refractivity contribution is -0.128. The Labute approximate surface area is 650 Å². The largest absolute Gasteiger partial charge is 0.383 e. The molecular weight excluding hydrogens is 1440 g/mol. The van der Waals surface area contributed by atoms with Gasteiger partial charge in [-0.2, -0.15) is 20.6 Å². The summed E-state index contributed by atoms with van der Waals surface area (Å²) in [6.07, 6.45) is 12.9. The minimum Gasteiger partial charge on any atom is -0.383 e. The highest BCUT2D eigenvalue weighted by Crippen LogP contribution is 2.38. The summed E-state index contributed by atoms with van der Waals surface area (Å²) in [7, 11) is 0. The number of nitrogen functional groups attached to an aromatic ring is 3. The molecule has 576 valence electrons. The SMILES string of the molecule is C=CC(=O)N1CCCC(n2nc(-c3ccc(CNC(=O)c4cc(C)ccc4F)cc3)c3c(N)ncnc32)C1.C=CC(=O)N1CCCC(n2nc(-c3ccc(CNC(=O)c4ccc(F)cc4C)cc3)c3c(N)ncnc32)C1.Cc1ccccc1C(=O)NCc1ccc(-c2nn(C3CCCN(CCC#N)C3)c3ncnc(N)c23)cc1. The second-order valence-electron chi connectivity index (χ2n) is 28.2. The Morgan fingerprint density at radius 3 is 1.32 bits per heavy atom. The molecule has 0 radical (unpaired) electrons. The van der Waals surface area contributed by atoms with Crippen LogP contribution in [0.15, 0.2) is 178 Å². The first-order chi connectivity index (χ1) is 54.7. The van der Waals surface area contributed by atoms with Crippen molar-refractivity contribution in [3.05, 3.63) is 239 Å². The summed E-state index contributed by atoms with van der Waals surface area (Å²) in [5.41, 5.74) is 31.6. The summed E-state index contributed by atoms with van der Waals surface area (Å²) in [6, 6.07) is 41.5. The zero-order valence-corrected chi connectivity index (χ0v) is 62.9. The van der Waals surface area contributed by atoms with E-state index < -0.39 is 11.7 Å². The zero-order valence-electron chi connectivity index (χ0n) is 62.9. The maximum absolute atomic E-state index is 14.0. The van der Waals surface area contributed by atoms with Crippen molar-refractivity contribution >= 4 is 80.1 Å². The lowest BCUT2D eigenvalue weighted by Gasteiger charge is -2.32. The van der Waals surface area contributed by atoms with Gasteiger partial charge in [-0.3, -0.25) is 24.0 Å². The lowest BCUT2D eigenvalue weighted by Crippen LogP contribution is -2.40. The Morgan fingerprint density at radius 1 is 0.496 bits per heavy atom. The van der Waals surface area contributed by atoms with Crippen molar-refractivity contribution in [2.75, 3.05) is 63.0 Å². The average Bonchev–Trinajstić information content (AvgIpc) is 1.62. The van der Waals surface area contributed by atoms with E-state index in [4.69, 9.17) is 37.8 Å². The van der Waals surface area contributed by atoms with Crippen molar-refractivity contribution in [2.45, 2.75) is 103 Å². The number of carbonyl (C=O) groups excluding carboxylic acids is 5. The standard InChI is InChI=1S/2C28H28FN7O2.C28H30N8O/c1-3-23(37)35-12-4-5-20(15-35)36-27-24(26(30)32-16-33-27)25(34-36)19-9-7-18(8-10-19)14-31-28(38)21-13-17(2)6-11-22(21)29;1-3-23(37)35-12-4-5-21(15-35)36-27-24(26(30)32-16-33-27)25(34-36)19-8-6-18(7-9-19)14-31-28(38)22-11-10-20(29)13-17(22)2;1-19-6-2-3-8-23(19)28(37)31-16-20-9-11-21(12-10-20)25-24-26(30)32-18-33-27(24)36(34-25)22-7-4-14-35(17-22)15-5-13-29/h3,6-11,13,16,20H,1,4-5,12,14-15H2,2H3,(H,31,38)(H2,30,32,33);3,6-11,13,16,21H,1,4-5,12,14-15H2,2H3,(H,31,38)(H2,30,32,33);2-3,6,8-12,18,22H,4-5,7,14-17H2,1H3,(H,31,37)(H2,30,32,33). The van der Waals surface area contributed by atoms with Gasteiger partial charge in [0.2, 0.25) is 11.8 Å². The Bertz CT molecular complexity index is 5600. The summed E-state index contributed by atoms with van der Waals surface area (Å²) in [4.78, 5) is 94.0. The average molecular weight is 1520 g/mol. The first kappa shape index (κ1) is 77.7. The monoisotopic (exact) mass is 1520 g/mol. The number of benzene rings is 6. The topological polar surface area (TPSA) is 364 Å². The molecule has 3 aliphatic heterocycles. The predicted octanol–water partition coefficient (Wildman–Crippen LogP) is 11.5. The number of likely N-dealkylation sites (tertiary alicyclic amines) is 3. The molecular formula is C84H86F2N22O5. The van der Waals surface area contributed by atoms with Gasteiger partial charge in [0, 0.05) is 93.1 Å². The van der Waals surface area contributed by atoms with Crippen molar-refractivity contribution in [1.29, 1.82) is 5.26 Å². The highest BCUT2D eigenvalue weighted by molar-refractivity contribution is 6.01. The molecule has 3 unspecified atom stereocenters. The number of amides is 5. The maximum atomic E-state index is 14.0. The van der Waals surface area contributed by atoms with Gasteiger partial charge >= 0.3 is 0 Å². The molecule has 0 aliphatic carbocycles. The number of fused-ring (bicyclic) bond motifs is 3. The number of nitrogens with zero attached hydrogens (tertiary/aromatic N) is 16. The number of carbonyl (C=O) groups is 5. The smallest absolute Gasteiger partial charge is 0.254 e. The van der Waals surface area contributed by atoms with E-state index in [-0.39, 0.29) is 59.7 Å². The van der Waals surface area contributed by atoms with E-state index in [1.54, 1.807) is 22.8 Å². The Morgan fingerprint density at radius 2 is 0.903 bits per heavy atom. The van der Waals surface area contributed by atoms with Crippen LogP contribution in [-0.4, -0.2) is 149 Å². The summed E-state index contributed by atoms with van der Waals surface area (Å²) in [6.45, 7) is 18.6. The first-order valence-electron chi connectivity index (χ1n) is 37.3. The number of hydrogen-bond donors (Lipinski definition) is 6. The zero-order chi connectivity index (χ0) is 79.4. The molecule has 113 heavy (non-hydrogen) atoms. The summed E-state index contributed by atoms with van der Waals surface area (Å²) < 4.78 is 33.1. The van der Waals surface area contributed by atoms with Gasteiger partial charge in [0.05, 0.1) is 45.9 Å². The fourth-order valence-corrected chi connectivity index (χ4v) is 14.7. The third kappa shape index (κ3) is 17.6. The third-order valence-corrected chi connectivity index (χ3v) is 20.6. The van der Waals surface area contributed by atoms with Gasteiger partial charge in [-0.25, -0.2) is 52.7 Å². The Kier molecular flexibility index (Phi) is 24.1. The number of anilines is 3. The molecule has 29 heteroatoms. The first-order valence-corrected chi connectivity index (χ1v) is 37.3. The molecule has 6 aromatic carbocycles. The van der Waals surface area contributed by atoms with Crippen LogP contribution in [0.2, 0.25) is 0 Å². The number of halogens is 2. The van der Waals surface area contributed by atoms with Gasteiger partial charge in [0.25, 0.3) is 17.7 Å². The molecule has 12 aromatic rings. The molecule has 3 aliphatic rings. The van der Waals surface area contributed by atoms with Crippen LogP contribution in [0.4, 0.5) is 26.2 Å². The minimum absolute atomic E-state index is 0.0187. The molecule has 0 saturated carbocycles. The van der Waals surface area contributed by atoms with Crippen LogP contribution < -0.4 is 33.2 Å². The number of rotatable bonds is 19. The van der Waals surface area contributed by atoms with Crippen LogP contribution in [0.5, 0.6) is 0 Å². The normalized spacial score (nSPS) is 15.6. The van der Waals surface area contributed by atoms with Crippen LogP contribution in [0.25, 0.3) is 66.9 Å². The lowest BCUT2D eigenvalue weighted by atomic mass is 10.1. The second kappa shape index (κ2) is 35.0. The van der Waals surface area contributed by atoms with Crippen molar-refractivity contribution in [2.24, 2.45) is 0 Å². The van der Waals surface area contributed by atoms with Crippen LogP contribution in [0, 0.1) is 43.7 Å². The van der Waals surface area contributed by atoms with Crippen LogP contribution in [-0.2, 0) is 29.2 Å². The van der Waals surface area contributed by atoms with Gasteiger partial charge in [-0.05, 0) is 142 Å². The van der Waals surface area contributed by atoms with Gasteiger partial charge in [-0.15, -0.1) is 0 Å². The van der Waals surface area contributed by atoms with E-state index in [2.05, 4.69) is 70.0 Å². The van der Waals surface area contributed by atoms with Gasteiger partial charge in [0.1, 0.15) is 65.2 Å².